The van der Waals surface area contributed by atoms with Crippen LogP contribution < -0.4 is 5.32 Å². The summed E-state index contributed by atoms with van der Waals surface area (Å²) < 4.78 is 0. The van der Waals surface area contributed by atoms with Gasteiger partial charge in [0.2, 0.25) is 0 Å². The molecule has 48 valence electrons. The van der Waals surface area contributed by atoms with Crippen molar-refractivity contribution in [3.05, 3.63) is 11.8 Å². The first kappa shape index (κ1) is 8.08. The summed E-state index contributed by atoms with van der Waals surface area (Å²) in [5.41, 5.74) is 0.0234. The maximum Gasteiger partial charge on any atom is 0.145 e. The highest BCUT2D eigenvalue weighted by Crippen LogP contribution is 1.83. The molecule has 0 aromatic heterocycles. The summed E-state index contributed by atoms with van der Waals surface area (Å²) in [4.78, 5) is 0. The Hall–Kier alpha value is -1.92. The molecule has 0 amide bonds. The Morgan fingerprint density at radius 2 is 2.10 bits per heavy atom. The average molecular weight is 131 g/mol. The van der Waals surface area contributed by atoms with Gasteiger partial charge in [-0.3, -0.25) is 0 Å². The summed E-state index contributed by atoms with van der Waals surface area (Å²) in [6.45, 7) is 0.326. The quantitative estimate of drug-likeness (QED) is 0.329. The number of nitrogens with one attached hydrogen (secondary N) is 1. The van der Waals surface area contributed by atoms with Crippen LogP contribution in [-0.2, 0) is 0 Å². The van der Waals surface area contributed by atoms with Gasteiger partial charge in [0, 0.05) is 6.20 Å². The van der Waals surface area contributed by atoms with E-state index in [9.17, 15) is 0 Å². The second-order valence-electron chi connectivity index (χ2n) is 1.37. The third-order valence-electron chi connectivity index (χ3n) is 0.691. The van der Waals surface area contributed by atoms with Crippen LogP contribution in [0.1, 0.15) is 0 Å². The molecule has 0 saturated carbocycles. The van der Waals surface area contributed by atoms with E-state index >= 15 is 0 Å². The van der Waals surface area contributed by atoms with Gasteiger partial charge in [0.1, 0.15) is 17.7 Å². The zero-order valence-corrected chi connectivity index (χ0v) is 5.26. The number of nitrogens with zero attached hydrogens (tertiary/aromatic N) is 2. The van der Waals surface area contributed by atoms with Gasteiger partial charge in [0.25, 0.3) is 0 Å². The van der Waals surface area contributed by atoms with Crippen LogP contribution in [-0.4, -0.2) is 6.54 Å². The molecule has 0 fully saturated rings. The second-order valence-corrected chi connectivity index (χ2v) is 1.37. The van der Waals surface area contributed by atoms with Crippen LogP contribution in [0.3, 0.4) is 0 Å². The van der Waals surface area contributed by atoms with Crippen molar-refractivity contribution in [3.8, 4) is 24.5 Å². The molecule has 3 heteroatoms. The molecule has 0 spiro atoms. The van der Waals surface area contributed by atoms with Crippen LogP contribution in [0.4, 0.5) is 0 Å². The minimum atomic E-state index is 0.0234. The van der Waals surface area contributed by atoms with Crippen molar-refractivity contribution in [1.29, 1.82) is 10.5 Å². The van der Waals surface area contributed by atoms with Gasteiger partial charge in [0.15, 0.2) is 0 Å². The Kier molecular flexibility index (Phi) is 4.22. The maximum absolute atomic E-state index is 8.19. The summed E-state index contributed by atoms with van der Waals surface area (Å²) in [5, 5.41) is 19.0. The van der Waals surface area contributed by atoms with Crippen molar-refractivity contribution in [3.63, 3.8) is 0 Å². The molecular formula is C7H5N3. The lowest BCUT2D eigenvalue weighted by atomic mass is 10.3. The van der Waals surface area contributed by atoms with Crippen LogP contribution in [0, 0.1) is 35.0 Å². The summed E-state index contributed by atoms with van der Waals surface area (Å²) in [6.07, 6.45) is 6.18. The third-order valence-corrected chi connectivity index (χ3v) is 0.691. The van der Waals surface area contributed by atoms with Crippen molar-refractivity contribution in [2.45, 2.75) is 0 Å². The molecule has 10 heavy (non-hydrogen) atoms. The smallest absolute Gasteiger partial charge is 0.145 e. The van der Waals surface area contributed by atoms with E-state index in [1.54, 1.807) is 12.1 Å². The number of terminal acetylenes is 1. The van der Waals surface area contributed by atoms with Gasteiger partial charge in [-0.05, 0) is 0 Å². The van der Waals surface area contributed by atoms with Gasteiger partial charge in [-0.25, -0.2) is 0 Å². The van der Waals surface area contributed by atoms with Crippen molar-refractivity contribution >= 4 is 0 Å². The number of allylic oxidation sites excluding steroid dienone is 1. The Morgan fingerprint density at radius 1 is 1.50 bits per heavy atom. The van der Waals surface area contributed by atoms with E-state index in [0.29, 0.717) is 6.54 Å². The predicted molar refractivity (Wildman–Crippen MR) is 36.1 cm³/mol. The minimum Gasteiger partial charge on any atom is -0.378 e. The number of hydrogen-bond acceptors (Lipinski definition) is 3. The van der Waals surface area contributed by atoms with Crippen molar-refractivity contribution in [2.24, 2.45) is 0 Å². The second kappa shape index (κ2) is 5.22. The lowest BCUT2D eigenvalue weighted by Gasteiger charge is -1.87. The van der Waals surface area contributed by atoms with Crippen LogP contribution in [0.5, 0.6) is 0 Å². The molecule has 0 unspecified atom stereocenters. The van der Waals surface area contributed by atoms with E-state index in [2.05, 4.69) is 11.2 Å². The fraction of sp³-hybridized carbons (Fsp3) is 0.143. The van der Waals surface area contributed by atoms with E-state index in [-0.39, 0.29) is 5.57 Å². The largest absolute Gasteiger partial charge is 0.378 e. The topological polar surface area (TPSA) is 59.6 Å². The van der Waals surface area contributed by atoms with Gasteiger partial charge in [0.05, 0.1) is 6.54 Å². The van der Waals surface area contributed by atoms with Crippen LogP contribution in [0.2, 0.25) is 0 Å². The molecule has 0 radical (unpaired) electrons. The highest BCUT2D eigenvalue weighted by Gasteiger charge is 1.86. The van der Waals surface area contributed by atoms with Gasteiger partial charge in [-0.15, -0.1) is 6.42 Å². The molecular weight excluding hydrogens is 126 g/mol. The Bertz CT molecular complexity index is 227. The van der Waals surface area contributed by atoms with E-state index in [1.165, 1.54) is 6.20 Å². The highest BCUT2D eigenvalue weighted by molar-refractivity contribution is 5.34. The van der Waals surface area contributed by atoms with Crippen molar-refractivity contribution in [1.82, 2.24) is 5.32 Å². The van der Waals surface area contributed by atoms with Crippen molar-refractivity contribution in [2.75, 3.05) is 6.54 Å². The molecule has 3 nitrogen and oxygen atoms in total. The Morgan fingerprint density at radius 3 is 2.50 bits per heavy atom. The van der Waals surface area contributed by atoms with Crippen LogP contribution in [0.15, 0.2) is 11.8 Å². The molecule has 0 saturated heterocycles. The Labute approximate surface area is 59.6 Å². The first-order valence-electron chi connectivity index (χ1n) is 2.52. The van der Waals surface area contributed by atoms with E-state index in [0.717, 1.165) is 0 Å². The Balaban J connectivity index is 3.85. The first-order chi connectivity index (χ1) is 4.85. The molecule has 0 heterocycles. The predicted octanol–water partition coefficient (Wildman–Crippen LogP) is 0.140. The van der Waals surface area contributed by atoms with Gasteiger partial charge < -0.3 is 5.32 Å². The van der Waals surface area contributed by atoms with Gasteiger partial charge >= 0.3 is 0 Å². The molecule has 0 aromatic rings. The molecule has 0 atom stereocenters. The van der Waals surface area contributed by atoms with Crippen LogP contribution in [0.25, 0.3) is 0 Å². The first-order valence-corrected chi connectivity index (χ1v) is 2.52. The fourth-order valence-electron chi connectivity index (χ4n) is 0.302. The lowest BCUT2D eigenvalue weighted by Crippen LogP contribution is -2.04. The van der Waals surface area contributed by atoms with Gasteiger partial charge in [-0.1, -0.05) is 5.92 Å². The lowest BCUT2D eigenvalue weighted by molar-refractivity contribution is 1.00. The third kappa shape index (κ3) is 3.13. The molecule has 0 aromatic carbocycles. The summed E-state index contributed by atoms with van der Waals surface area (Å²) in [6, 6.07) is 3.36. The number of hydrogen-bond donors (Lipinski definition) is 1. The summed E-state index contributed by atoms with van der Waals surface area (Å²) in [7, 11) is 0. The monoisotopic (exact) mass is 131 g/mol. The summed E-state index contributed by atoms with van der Waals surface area (Å²) in [5.74, 6) is 2.30. The zero-order chi connectivity index (χ0) is 7.82. The SMILES string of the molecule is C#CCNC=C(C#N)C#N. The number of rotatable bonds is 2. The normalized spacial score (nSPS) is 6.10. The molecule has 0 bridgehead atoms. The minimum absolute atomic E-state index is 0.0234. The molecule has 1 N–H and O–H groups in total. The standard InChI is InChI=1S/C7H5N3/c1-2-3-10-6-7(4-8)5-9/h1,6,10H,3H2. The molecule has 0 aliphatic heterocycles. The van der Waals surface area contributed by atoms with Crippen molar-refractivity contribution < 1.29 is 0 Å². The van der Waals surface area contributed by atoms with Crippen LogP contribution >= 0.6 is 0 Å². The number of nitriles is 2. The average Bonchev–Trinajstić information content (AvgIpc) is 1.99. The van der Waals surface area contributed by atoms with Gasteiger partial charge in [-0.2, -0.15) is 10.5 Å². The molecule has 0 aliphatic rings. The summed E-state index contributed by atoms with van der Waals surface area (Å²) >= 11 is 0. The molecule has 0 rings (SSSR count). The molecule has 0 aliphatic carbocycles. The van der Waals surface area contributed by atoms with E-state index in [1.807, 2.05) is 0 Å². The van der Waals surface area contributed by atoms with E-state index < -0.39 is 0 Å². The highest BCUT2D eigenvalue weighted by atomic mass is 14.8. The zero-order valence-electron chi connectivity index (χ0n) is 5.26. The fourth-order valence-corrected chi connectivity index (χ4v) is 0.302. The van der Waals surface area contributed by atoms with E-state index in [4.69, 9.17) is 16.9 Å². The maximum atomic E-state index is 8.19.